The third kappa shape index (κ3) is 3.16. The molecule has 2 N–H and O–H groups in total. The molecule has 0 unspecified atom stereocenters. The number of rotatable bonds is 3. The molecule has 0 atom stereocenters. The Morgan fingerprint density at radius 3 is 2.68 bits per heavy atom. The number of benzene rings is 1. The van der Waals surface area contributed by atoms with Crippen molar-refractivity contribution < 1.29 is 0 Å². The van der Waals surface area contributed by atoms with Gasteiger partial charge in [-0.25, -0.2) is 4.98 Å². The normalized spacial score (nSPS) is 16.9. The second kappa shape index (κ2) is 7.00. The van der Waals surface area contributed by atoms with E-state index in [9.17, 15) is 0 Å². The molecule has 3 heterocycles. The van der Waals surface area contributed by atoms with Crippen molar-refractivity contribution in [3.8, 4) is 10.6 Å². The number of anilines is 2. The number of pyridine rings is 1. The largest absolute Gasteiger partial charge is 0.374 e. The fraction of sp³-hybridized carbons (Fsp3) is 0.286. The topological polar surface area (TPSA) is 71.2 Å². The van der Waals surface area contributed by atoms with Crippen molar-refractivity contribution in [1.82, 2.24) is 20.1 Å². The molecule has 7 heteroatoms. The van der Waals surface area contributed by atoms with Gasteiger partial charge in [-0.3, -0.25) is 0 Å². The zero-order valence-corrected chi connectivity index (χ0v) is 16.6. The van der Waals surface area contributed by atoms with Gasteiger partial charge in [0.05, 0.1) is 5.69 Å². The summed E-state index contributed by atoms with van der Waals surface area (Å²) in [6, 6.07) is 12.8. The van der Waals surface area contributed by atoms with E-state index in [0.717, 1.165) is 54.7 Å². The fourth-order valence-corrected chi connectivity index (χ4v) is 4.45. The first-order valence-corrected chi connectivity index (χ1v) is 10.3. The Balaban J connectivity index is 1.47. The number of likely N-dealkylation sites (N-methyl/N-ethyl adjacent to an activating group) is 1. The van der Waals surface area contributed by atoms with E-state index in [2.05, 4.69) is 69.5 Å². The van der Waals surface area contributed by atoms with Gasteiger partial charge in [0.25, 0.3) is 0 Å². The number of nitrogens with zero attached hydrogens (tertiary/aromatic N) is 5. The minimum absolute atomic E-state index is 0.493. The quantitative estimate of drug-likeness (QED) is 0.741. The molecule has 0 bridgehead atoms. The number of allylic oxidation sites excluding steroid dienone is 1. The highest BCUT2D eigenvalue weighted by Gasteiger charge is 2.20. The molecule has 0 amide bonds. The molecule has 3 aromatic rings. The monoisotopic (exact) mass is 390 g/mol. The maximum absolute atomic E-state index is 5.76. The molecule has 1 fully saturated rings. The first-order valence-electron chi connectivity index (χ1n) is 9.51. The van der Waals surface area contributed by atoms with Crippen molar-refractivity contribution in [3.63, 3.8) is 0 Å². The molecule has 1 aromatic carbocycles. The standard InChI is InChI=1S/C21H22N6S/c1-26-9-11-27(12-10-26)19-4-2-3-18(23-19)16-8-7-14-5-6-15(13-17(14)16)20-24-25-21(22)28-20/h2-6,8,13H,7,9-12H2,1H3,(H2,22,25). The third-order valence-electron chi connectivity index (χ3n) is 5.45. The molecule has 2 aromatic heterocycles. The van der Waals surface area contributed by atoms with Crippen LogP contribution in [0.5, 0.6) is 0 Å². The zero-order chi connectivity index (χ0) is 19.1. The number of hydrogen-bond acceptors (Lipinski definition) is 7. The summed E-state index contributed by atoms with van der Waals surface area (Å²) < 4.78 is 0. The summed E-state index contributed by atoms with van der Waals surface area (Å²) in [4.78, 5) is 9.74. The number of nitrogen functional groups attached to an aromatic ring is 1. The summed E-state index contributed by atoms with van der Waals surface area (Å²) >= 11 is 1.41. The van der Waals surface area contributed by atoms with E-state index >= 15 is 0 Å². The van der Waals surface area contributed by atoms with E-state index in [0.29, 0.717) is 5.13 Å². The molecule has 0 saturated carbocycles. The number of piperazine rings is 1. The first-order chi connectivity index (χ1) is 13.7. The van der Waals surface area contributed by atoms with Crippen molar-refractivity contribution in [2.24, 2.45) is 0 Å². The lowest BCUT2D eigenvalue weighted by atomic mass is 10.00. The van der Waals surface area contributed by atoms with Gasteiger partial charge in [0.1, 0.15) is 10.8 Å². The van der Waals surface area contributed by atoms with Crippen LogP contribution in [0.4, 0.5) is 10.9 Å². The molecule has 0 radical (unpaired) electrons. The molecular weight excluding hydrogens is 368 g/mol. The molecule has 5 rings (SSSR count). The van der Waals surface area contributed by atoms with Crippen LogP contribution in [-0.2, 0) is 6.42 Å². The molecule has 6 nitrogen and oxygen atoms in total. The summed E-state index contributed by atoms with van der Waals surface area (Å²) in [6.07, 6.45) is 3.21. The SMILES string of the molecule is CN1CCN(c2cccc(C3=CCc4ccc(-c5nnc(N)s5)cc43)n2)CC1. The Morgan fingerprint density at radius 2 is 1.89 bits per heavy atom. The van der Waals surface area contributed by atoms with Crippen molar-refractivity contribution >= 4 is 27.9 Å². The van der Waals surface area contributed by atoms with Gasteiger partial charge < -0.3 is 15.5 Å². The highest BCUT2D eigenvalue weighted by atomic mass is 32.1. The van der Waals surface area contributed by atoms with Crippen LogP contribution >= 0.6 is 11.3 Å². The summed E-state index contributed by atoms with van der Waals surface area (Å²) in [5, 5.41) is 9.48. The van der Waals surface area contributed by atoms with E-state index in [1.807, 2.05) is 0 Å². The van der Waals surface area contributed by atoms with E-state index in [1.54, 1.807) is 0 Å². The minimum Gasteiger partial charge on any atom is -0.374 e. The van der Waals surface area contributed by atoms with Gasteiger partial charge in [0.15, 0.2) is 0 Å². The lowest BCUT2D eigenvalue weighted by Crippen LogP contribution is -2.44. The molecule has 2 aliphatic rings. The smallest absolute Gasteiger partial charge is 0.203 e. The Bertz CT molecular complexity index is 1050. The molecule has 0 spiro atoms. The lowest BCUT2D eigenvalue weighted by molar-refractivity contribution is 0.312. The highest BCUT2D eigenvalue weighted by molar-refractivity contribution is 7.18. The van der Waals surface area contributed by atoms with Gasteiger partial charge in [-0.15, -0.1) is 10.2 Å². The van der Waals surface area contributed by atoms with Crippen molar-refractivity contribution in [2.45, 2.75) is 6.42 Å². The zero-order valence-electron chi connectivity index (χ0n) is 15.8. The summed E-state index contributed by atoms with van der Waals surface area (Å²) in [5.74, 6) is 1.06. The average molecular weight is 391 g/mol. The number of fused-ring (bicyclic) bond motifs is 1. The van der Waals surface area contributed by atoms with Crippen LogP contribution < -0.4 is 10.6 Å². The van der Waals surface area contributed by atoms with Crippen molar-refractivity contribution in [2.75, 3.05) is 43.9 Å². The average Bonchev–Trinajstić information content (AvgIpc) is 3.34. The molecule has 1 saturated heterocycles. The van der Waals surface area contributed by atoms with Gasteiger partial charge in [0, 0.05) is 37.3 Å². The summed E-state index contributed by atoms with van der Waals surface area (Å²) in [7, 11) is 2.17. The predicted octanol–water partition coefficient (Wildman–Crippen LogP) is 2.92. The van der Waals surface area contributed by atoms with Gasteiger partial charge in [-0.2, -0.15) is 0 Å². The molecule has 1 aliphatic carbocycles. The molecular formula is C21H22N6S. The van der Waals surface area contributed by atoms with Crippen molar-refractivity contribution in [3.05, 3.63) is 59.3 Å². The first kappa shape index (κ1) is 17.3. The predicted molar refractivity (Wildman–Crippen MR) is 114 cm³/mol. The Hall–Kier alpha value is -2.77. The van der Waals surface area contributed by atoms with Gasteiger partial charge >= 0.3 is 0 Å². The van der Waals surface area contributed by atoms with Crippen LogP contribution in [0, 0.1) is 0 Å². The van der Waals surface area contributed by atoms with E-state index < -0.39 is 0 Å². The van der Waals surface area contributed by atoms with Gasteiger partial charge in [0.2, 0.25) is 5.13 Å². The summed E-state index contributed by atoms with van der Waals surface area (Å²) in [6.45, 7) is 4.19. The van der Waals surface area contributed by atoms with E-state index in [-0.39, 0.29) is 0 Å². The Labute approximate surface area is 168 Å². The molecule has 1 aliphatic heterocycles. The second-order valence-corrected chi connectivity index (χ2v) is 8.32. The van der Waals surface area contributed by atoms with E-state index in [4.69, 9.17) is 10.7 Å². The van der Waals surface area contributed by atoms with Crippen molar-refractivity contribution in [1.29, 1.82) is 0 Å². The Kier molecular flexibility index (Phi) is 4.33. The van der Waals surface area contributed by atoms with Crippen LogP contribution in [0.1, 0.15) is 16.8 Å². The van der Waals surface area contributed by atoms with Crippen LogP contribution in [0.15, 0.2) is 42.5 Å². The fourth-order valence-electron chi connectivity index (χ4n) is 3.84. The number of hydrogen-bond donors (Lipinski definition) is 1. The highest BCUT2D eigenvalue weighted by Crippen LogP contribution is 2.36. The third-order valence-corrected chi connectivity index (χ3v) is 6.25. The lowest BCUT2D eigenvalue weighted by Gasteiger charge is -2.33. The molecule has 142 valence electrons. The number of aromatic nitrogens is 3. The van der Waals surface area contributed by atoms with Crippen LogP contribution in [0.3, 0.4) is 0 Å². The Morgan fingerprint density at radius 1 is 1.04 bits per heavy atom. The van der Waals surface area contributed by atoms with Gasteiger partial charge in [-0.05, 0) is 42.8 Å². The maximum Gasteiger partial charge on any atom is 0.203 e. The number of nitrogens with two attached hydrogens (primary N) is 1. The van der Waals surface area contributed by atoms with Gasteiger partial charge in [-0.1, -0.05) is 35.6 Å². The van der Waals surface area contributed by atoms with Crippen LogP contribution in [-0.4, -0.2) is 53.3 Å². The summed E-state index contributed by atoms with van der Waals surface area (Å²) in [5.41, 5.74) is 11.6. The van der Waals surface area contributed by atoms with Crippen LogP contribution in [0.25, 0.3) is 16.1 Å². The van der Waals surface area contributed by atoms with E-state index in [1.165, 1.54) is 28.0 Å². The minimum atomic E-state index is 0.493. The molecule has 28 heavy (non-hydrogen) atoms. The van der Waals surface area contributed by atoms with Crippen LogP contribution in [0.2, 0.25) is 0 Å². The maximum atomic E-state index is 5.76. The second-order valence-electron chi connectivity index (χ2n) is 7.31.